The number of halogens is 2. The molecule has 28 heavy (non-hydrogen) atoms. The third-order valence-electron chi connectivity index (χ3n) is 5.23. The van der Waals surface area contributed by atoms with Crippen LogP contribution in [0.1, 0.15) is 36.0 Å². The van der Waals surface area contributed by atoms with Crippen molar-refractivity contribution in [3.63, 3.8) is 0 Å². The molecule has 1 aliphatic heterocycles. The molecule has 1 N–H and O–H groups in total. The van der Waals surface area contributed by atoms with E-state index < -0.39 is 0 Å². The van der Waals surface area contributed by atoms with Crippen LogP contribution in [-0.4, -0.2) is 30.5 Å². The smallest absolute Gasteiger partial charge is 0.244 e. The van der Waals surface area contributed by atoms with Crippen molar-refractivity contribution in [1.29, 1.82) is 0 Å². The van der Waals surface area contributed by atoms with E-state index in [1.165, 1.54) is 37.9 Å². The summed E-state index contributed by atoms with van der Waals surface area (Å²) >= 11 is 3.44. The van der Waals surface area contributed by atoms with E-state index in [0.29, 0.717) is 6.54 Å². The Morgan fingerprint density at radius 3 is 2.43 bits per heavy atom. The molecular weight excluding hydrogens is 527 g/mol. The number of nitrogens with one attached hydrogen (secondary N) is 1. The molecule has 1 fully saturated rings. The van der Waals surface area contributed by atoms with Crippen molar-refractivity contribution in [3.8, 4) is 0 Å². The van der Waals surface area contributed by atoms with Crippen LogP contribution in [0.15, 0.2) is 59.1 Å². The van der Waals surface area contributed by atoms with Gasteiger partial charge in [0.2, 0.25) is 5.91 Å². The molecule has 0 atom stereocenters. The Hall–Kier alpha value is -1.18. The molecule has 0 bridgehead atoms. The standard InChI is InChI=1S/C23H27BrN2O.HI/c1-26(14-3-2-4-15-26)18-21-10-8-20(9-11-21)17-25-23(27)13-12-19-6-5-7-22(24)16-19;/h5-13,16H,2-4,14-15,17-18H2,1H3;1H. The third kappa shape index (κ3) is 7.33. The van der Waals surface area contributed by atoms with Crippen LogP contribution in [0.25, 0.3) is 6.08 Å². The summed E-state index contributed by atoms with van der Waals surface area (Å²) in [6.45, 7) is 4.21. The minimum Gasteiger partial charge on any atom is -1.00 e. The van der Waals surface area contributed by atoms with E-state index in [9.17, 15) is 4.79 Å². The molecule has 1 aliphatic rings. The number of amides is 1. The maximum Gasteiger partial charge on any atom is 0.244 e. The summed E-state index contributed by atoms with van der Waals surface area (Å²) in [7, 11) is 2.37. The van der Waals surface area contributed by atoms with Crippen LogP contribution in [0.4, 0.5) is 0 Å². The molecule has 5 heteroatoms. The zero-order valence-electron chi connectivity index (χ0n) is 16.3. The van der Waals surface area contributed by atoms with Gasteiger partial charge in [-0.15, -0.1) is 0 Å². The maximum atomic E-state index is 12.0. The molecule has 1 heterocycles. The lowest BCUT2D eigenvalue weighted by molar-refractivity contribution is -0.926. The van der Waals surface area contributed by atoms with Gasteiger partial charge in [0.1, 0.15) is 6.54 Å². The molecule has 0 unspecified atom stereocenters. The number of nitrogens with zero attached hydrogens (tertiary/aromatic N) is 1. The van der Waals surface area contributed by atoms with Crippen molar-refractivity contribution in [2.75, 3.05) is 20.1 Å². The predicted molar refractivity (Wildman–Crippen MR) is 115 cm³/mol. The van der Waals surface area contributed by atoms with Gasteiger partial charge < -0.3 is 33.8 Å². The second kappa shape index (κ2) is 11.1. The summed E-state index contributed by atoms with van der Waals surface area (Å²) < 4.78 is 2.15. The van der Waals surface area contributed by atoms with Crippen LogP contribution in [-0.2, 0) is 17.9 Å². The van der Waals surface area contributed by atoms with Crippen molar-refractivity contribution < 1.29 is 33.3 Å². The molecule has 0 aromatic heterocycles. The molecule has 2 aromatic carbocycles. The van der Waals surface area contributed by atoms with Gasteiger partial charge in [0.05, 0.1) is 20.1 Å². The average Bonchev–Trinajstić information content (AvgIpc) is 2.66. The third-order valence-corrected chi connectivity index (χ3v) is 5.72. The number of hydrogen-bond acceptors (Lipinski definition) is 1. The van der Waals surface area contributed by atoms with E-state index in [0.717, 1.165) is 26.6 Å². The zero-order valence-corrected chi connectivity index (χ0v) is 20.1. The number of hydrogen-bond donors (Lipinski definition) is 1. The van der Waals surface area contributed by atoms with Gasteiger partial charge in [-0.25, -0.2) is 0 Å². The largest absolute Gasteiger partial charge is 1.00 e. The van der Waals surface area contributed by atoms with Crippen LogP contribution in [0, 0.1) is 0 Å². The number of piperidine rings is 1. The second-order valence-corrected chi connectivity index (χ2v) is 8.62. The Balaban J connectivity index is 0.00000280. The number of carbonyl (C=O) groups is 1. The van der Waals surface area contributed by atoms with Crippen LogP contribution >= 0.6 is 15.9 Å². The molecule has 150 valence electrons. The number of likely N-dealkylation sites (tertiary alicyclic amines) is 1. The van der Waals surface area contributed by atoms with Crippen molar-refractivity contribution in [1.82, 2.24) is 5.32 Å². The Labute approximate surface area is 193 Å². The van der Waals surface area contributed by atoms with E-state index in [1.54, 1.807) is 6.08 Å². The van der Waals surface area contributed by atoms with Gasteiger partial charge in [-0.2, -0.15) is 0 Å². The normalized spacial score (nSPS) is 15.8. The Morgan fingerprint density at radius 1 is 1.07 bits per heavy atom. The molecule has 3 rings (SSSR count). The number of quaternary nitrogens is 1. The van der Waals surface area contributed by atoms with E-state index in [4.69, 9.17) is 0 Å². The first-order chi connectivity index (χ1) is 13.0. The fraction of sp³-hybridized carbons (Fsp3) is 0.348. The number of benzene rings is 2. The molecule has 1 amide bonds. The quantitative estimate of drug-likeness (QED) is 0.330. The molecular formula is C23H28BrIN2O. The maximum absolute atomic E-state index is 12.0. The predicted octanol–water partition coefficient (Wildman–Crippen LogP) is 1.91. The first-order valence-electron chi connectivity index (χ1n) is 9.65. The van der Waals surface area contributed by atoms with Gasteiger partial charge in [-0.3, -0.25) is 4.79 Å². The van der Waals surface area contributed by atoms with Crippen LogP contribution in [0.5, 0.6) is 0 Å². The van der Waals surface area contributed by atoms with Gasteiger partial charge in [0, 0.05) is 22.7 Å². The van der Waals surface area contributed by atoms with Crippen LogP contribution < -0.4 is 29.3 Å². The van der Waals surface area contributed by atoms with Gasteiger partial charge in [-0.05, 0) is 48.6 Å². The fourth-order valence-electron chi connectivity index (χ4n) is 3.67. The lowest BCUT2D eigenvalue weighted by atomic mass is 10.1. The van der Waals surface area contributed by atoms with Crippen molar-refractivity contribution in [2.45, 2.75) is 32.4 Å². The topological polar surface area (TPSA) is 29.1 Å². The number of rotatable bonds is 6. The SMILES string of the molecule is C[N+]1(Cc2ccc(CNC(=O)C=Cc3cccc(Br)c3)cc2)CCCCC1.[I-]. The minimum atomic E-state index is -0.0783. The first kappa shape index (κ1) is 23.1. The highest BCUT2D eigenvalue weighted by atomic mass is 127. The van der Waals surface area contributed by atoms with Crippen molar-refractivity contribution in [3.05, 3.63) is 75.8 Å². The van der Waals surface area contributed by atoms with Gasteiger partial charge in [-0.1, -0.05) is 52.3 Å². The molecule has 0 radical (unpaired) electrons. The molecule has 0 spiro atoms. The molecule has 2 aromatic rings. The molecule has 0 aliphatic carbocycles. The Kier molecular flexibility index (Phi) is 9.18. The number of carbonyl (C=O) groups excluding carboxylic acids is 1. The molecule has 1 saturated heterocycles. The zero-order chi connectivity index (χ0) is 19.1. The van der Waals surface area contributed by atoms with Gasteiger partial charge in [0.25, 0.3) is 0 Å². The van der Waals surface area contributed by atoms with Crippen molar-refractivity contribution in [2.24, 2.45) is 0 Å². The first-order valence-corrected chi connectivity index (χ1v) is 10.4. The second-order valence-electron chi connectivity index (χ2n) is 7.71. The van der Waals surface area contributed by atoms with E-state index in [1.807, 2.05) is 30.3 Å². The summed E-state index contributed by atoms with van der Waals surface area (Å²) in [6, 6.07) is 16.5. The summed E-state index contributed by atoms with van der Waals surface area (Å²) in [5.41, 5.74) is 3.51. The highest BCUT2D eigenvalue weighted by Gasteiger charge is 2.24. The van der Waals surface area contributed by atoms with Crippen LogP contribution in [0.2, 0.25) is 0 Å². The van der Waals surface area contributed by atoms with Gasteiger partial charge >= 0.3 is 0 Å². The average molecular weight is 555 g/mol. The summed E-state index contributed by atoms with van der Waals surface area (Å²) in [6.07, 6.45) is 7.47. The van der Waals surface area contributed by atoms with E-state index in [-0.39, 0.29) is 29.9 Å². The Morgan fingerprint density at radius 2 is 1.75 bits per heavy atom. The van der Waals surface area contributed by atoms with E-state index in [2.05, 4.69) is 52.6 Å². The Bertz CT molecular complexity index is 799. The van der Waals surface area contributed by atoms with E-state index >= 15 is 0 Å². The minimum absolute atomic E-state index is 0. The lowest BCUT2D eigenvalue weighted by Gasteiger charge is -2.37. The highest BCUT2D eigenvalue weighted by Crippen LogP contribution is 2.20. The van der Waals surface area contributed by atoms with Crippen LogP contribution in [0.3, 0.4) is 0 Å². The summed E-state index contributed by atoms with van der Waals surface area (Å²) in [4.78, 5) is 12.0. The van der Waals surface area contributed by atoms with Gasteiger partial charge in [0.15, 0.2) is 0 Å². The summed E-state index contributed by atoms with van der Waals surface area (Å²) in [5, 5.41) is 2.95. The fourth-order valence-corrected chi connectivity index (χ4v) is 4.08. The lowest BCUT2D eigenvalue weighted by Crippen LogP contribution is -3.00. The summed E-state index contributed by atoms with van der Waals surface area (Å²) in [5.74, 6) is -0.0783. The molecule has 3 nitrogen and oxygen atoms in total. The molecule has 0 saturated carbocycles. The monoisotopic (exact) mass is 554 g/mol. The highest BCUT2D eigenvalue weighted by molar-refractivity contribution is 9.10. The van der Waals surface area contributed by atoms with Crippen molar-refractivity contribution >= 4 is 27.9 Å².